The van der Waals surface area contributed by atoms with Crippen molar-refractivity contribution in [3.63, 3.8) is 0 Å². The zero-order valence-corrected chi connectivity index (χ0v) is 34.7. The van der Waals surface area contributed by atoms with Gasteiger partial charge in [0.2, 0.25) is 34.0 Å². The molecule has 4 amide bonds. The lowest BCUT2D eigenvalue weighted by Gasteiger charge is -2.30. The zero-order chi connectivity index (χ0) is 41.6. The molecule has 3 saturated heterocycles. The normalized spacial score (nSPS) is 32.5. The second-order valence-corrected chi connectivity index (χ2v) is 19.3. The first-order valence-corrected chi connectivity index (χ1v) is 23.0. The predicted octanol–water partition coefficient (Wildman–Crippen LogP) is 3.33. The van der Waals surface area contributed by atoms with E-state index in [0.717, 1.165) is 17.7 Å². The molecule has 9 rings (SSSR count). The number of aromatic nitrogens is 2. The van der Waals surface area contributed by atoms with Gasteiger partial charge in [-0.05, 0) is 62.1 Å². The fourth-order valence-corrected chi connectivity index (χ4v) is 10.7. The number of carbonyl (C=O) groups is 4. The number of allylic oxidation sites excluding steroid dienone is 1. The number of thiophene rings is 1. The Balaban J connectivity index is 0.998. The molecule has 2 saturated carbocycles. The van der Waals surface area contributed by atoms with Crippen LogP contribution in [0.1, 0.15) is 64.2 Å². The molecule has 19 heteroatoms. The van der Waals surface area contributed by atoms with Crippen LogP contribution in [-0.2, 0) is 43.4 Å². The summed E-state index contributed by atoms with van der Waals surface area (Å²) in [4.78, 5) is 68.5. The third-order valence-corrected chi connectivity index (χ3v) is 14.9. The molecule has 17 nitrogen and oxygen atoms in total. The molecular formula is C41H48N6O11S2. The molecule has 0 radical (unpaired) electrons. The Morgan fingerprint density at radius 1 is 1.03 bits per heavy atom. The van der Waals surface area contributed by atoms with Gasteiger partial charge in [0.15, 0.2) is 0 Å². The van der Waals surface area contributed by atoms with Crippen LogP contribution in [0.25, 0.3) is 21.6 Å². The number of para-hydroxylation sites is 2. The molecule has 0 bridgehead atoms. The van der Waals surface area contributed by atoms with Crippen LogP contribution in [0.3, 0.4) is 0 Å². The third-order valence-electron chi connectivity index (χ3n) is 12.2. The van der Waals surface area contributed by atoms with E-state index in [4.69, 9.17) is 33.7 Å². The maximum Gasteiger partial charge on any atom is 0.410 e. The average Bonchev–Trinajstić information content (AvgIpc) is 3.91. The van der Waals surface area contributed by atoms with E-state index in [1.54, 1.807) is 7.11 Å². The van der Waals surface area contributed by atoms with E-state index < -0.39 is 75.0 Å². The molecular weight excluding hydrogens is 817 g/mol. The maximum absolute atomic E-state index is 14.8. The number of hydrogen-bond donors (Lipinski definition) is 3. The van der Waals surface area contributed by atoms with Gasteiger partial charge < -0.3 is 39.2 Å². The number of carbonyl (C=O) groups excluding carboxylic acids is 4. The van der Waals surface area contributed by atoms with E-state index in [-0.39, 0.29) is 50.0 Å². The summed E-state index contributed by atoms with van der Waals surface area (Å²) in [5.74, 6) is -2.22. The van der Waals surface area contributed by atoms with Gasteiger partial charge in [-0.1, -0.05) is 43.2 Å². The van der Waals surface area contributed by atoms with Crippen molar-refractivity contribution in [2.24, 2.45) is 5.92 Å². The Kier molecular flexibility index (Phi) is 11.3. The topological polar surface area (TPSA) is 214 Å². The van der Waals surface area contributed by atoms with Gasteiger partial charge in [0.05, 0.1) is 40.4 Å². The summed E-state index contributed by atoms with van der Waals surface area (Å²) in [5, 5.41) is 6.92. The van der Waals surface area contributed by atoms with Crippen LogP contribution in [0.5, 0.6) is 5.88 Å². The lowest BCUT2D eigenvalue weighted by Crippen LogP contribution is -2.58. The highest BCUT2D eigenvalue weighted by atomic mass is 32.2. The van der Waals surface area contributed by atoms with E-state index in [0.29, 0.717) is 55.4 Å². The van der Waals surface area contributed by atoms with Crippen molar-refractivity contribution in [2.75, 3.05) is 20.3 Å². The monoisotopic (exact) mass is 864 g/mol. The number of nitrogens with one attached hydrogen (secondary N) is 3. The summed E-state index contributed by atoms with van der Waals surface area (Å²) in [6.07, 6.45) is 4.70. The Morgan fingerprint density at radius 2 is 1.85 bits per heavy atom. The molecule has 0 spiro atoms. The summed E-state index contributed by atoms with van der Waals surface area (Å²) in [6.45, 7) is 0.313. The van der Waals surface area contributed by atoms with Gasteiger partial charge in [-0.3, -0.25) is 19.1 Å². The van der Waals surface area contributed by atoms with Gasteiger partial charge >= 0.3 is 6.09 Å². The van der Waals surface area contributed by atoms with Gasteiger partial charge in [-0.2, -0.15) is 0 Å². The van der Waals surface area contributed by atoms with Gasteiger partial charge in [0.1, 0.15) is 41.6 Å². The molecule has 3 aromatic rings. The van der Waals surface area contributed by atoms with Crippen molar-refractivity contribution in [2.45, 2.75) is 118 Å². The first-order chi connectivity index (χ1) is 29.0. The largest absolute Gasteiger partial charge is 0.471 e. The number of fused-ring (bicyclic) bond motifs is 4. The predicted molar refractivity (Wildman–Crippen MR) is 216 cm³/mol. The van der Waals surface area contributed by atoms with Gasteiger partial charge in [0.25, 0.3) is 5.91 Å². The number of methoxy groups -OCH3 is 1. The van der Waals surface area contributed by atoms with Crippen molar-refractivity contribution >= 4 is 56.2 Å². The van der Waals surface area contributed by atoms with Gasteiger partial charge in [-0.25, -0.2) is 23.2 Å². The summed E-state index contributed by atoms with van der Waals surface area (Å²) in [7, 11) is -2.36. The Labute approximate surface area is 350 Å². The van der Waals surface area contributed by atoms with Crippen molar-refractivity contribution in [1.82, 2.24) is 30.2 Å². The number of ether oxygens (including phenoxy) is 5. The lowest BCUT2D eigenvalue weighted by molar-refractivity contribution is -0.142. The molecule has 2 aromatic heterocycles. The molecule has 320 valence electrons. The number of nitrogens with zero attached hydrogens (tertiary/aromatic N) is 3. The minimum atomic E-state index is -3.92. The van der Waals surface area contributed by atoms with Crippen LogP contribution < -0.4 is 20.1 Å². The van der Waals surface area contributed by atoms with Gasteiger partial charge in [0, 0.05) is 25.9 Å². The highest BCUT2D eigenvalue weighted by molar-refractivity contribution is 7.91. The number of alkyl carbamates (subject to hydrolysis) is 1. The van der Waals surface area contributed by atoms with Crippen LogP contribution in [0.2, 0.25) is 0 Å². The molecule has 5 fully saturated rings. The van der Waals surface area contributed by atoms with Crippen LogP contribution >= 0.6 is 11.3 Å². The maximum atomic E-state index is 14.8. The minimum Gasteiger partial charge on any atom is -0.471 e. The number of benzene rings is 1. The molecule has 2 aliphatic carbocycles. The number of amides is 4. The smallest absolute Gasteiger partial charge is 0.410 e. The third kappa shape index (κ3) is 8.33. The first kappa shape index (κ1) is 40.7. The van der Waals surface area contributed by atoms with Crippen molar-refractivity contribution < 1.29 is 51.3 Å². The number of hydrogen-bond acceptors (Lipinski definition) is 14. The summed E-state index contributed by atoms with van der Waals surface area (Å²) in [5.41, 5.74) is 0.233. The van der Waals surface area contributed by atoms with Crippen molar-refractivity contribution in [1.29, 1.82) is 0 Å². The van der Waals surface area contributed by atoms with Crippen LogP contribution in [-0.4, -0.2) is 121 Å². The van der Waals surface area contributed by atoms with Crippen LogP contribution in [0, 0.1) is 5.92 Å². The first-order valence-electron chi connectivity index (χ1n) is 20.6. The van der Waals surface area contributed by atoms with E-state index in [9.17, 15) is 27.6 Å². The fourth-order valence-electron chi connectivity index (χ4n) is 8.66. The Hall–Kier alpha value is -4.69. The molecule has 60 heavy (non-hydrogen) atoms. The second-order valence-electron chi connectivity index (χ2n) is 16.4. The summed E-state index contributed by atoms with van der Waals surface area (Å²) in [6, 6.07) is 8.93. The van der Waals surface area contributed by atoms with E-state index in [2.05, 4.69) is 15.4 Å². The molecule has 9 atom stereocenters. The standard InChI is InChI=1S/C41H48N6O11S2/c1-54-31-22-55-30-19-33(57-35(30)31)58-40(51)44-28-13-6-4-2-3-5-10-23-20-41(23,39(50)46-60(52,53)25-15-16-25)45-36(48)29-18-24(21-47(29)38(28)49)56-37-34(32-14-9-17-59-32)42-26-11-7-8-12-27(26)43-37/h5,7-12,14,17,23-25,28-31,33,35H,2-4,6,13,15-16,18-22H2,1H3,(H,44,51)(H,45,48)(H,46,50)/b10-5-/t23?,24-,28+,29+,30?,31?,33?,35?,41-/m1/s1. The average molecular weight is 865 g/mol. The van der Waals surface area contributed by atoms with Crippen molar-refractivity contribution in [3.05, 3.63) is 53.9 Å². The number of sulfonamides is 1. The summed E-state index contributed by atoms with van der Waals surface area (Å²) >= 11 is 1.46. The minimum absolute atomic E-state index is 0.00502. The lowest BCUT2D eigenvalue weighted by atomic mass is 10.0. The Bertz CT molecular complexity index is 2270. The fraction of sp³-hybridized carbons (Fsp3) is 0.561. The van der Waals surface area contributed by atoms with E-state index >= 15 is 0 Å². The SMILES string of the molecule is COC1COC2CC(OC(=O)N[C@H]3CCCCC/C=C\C4C[C@@]4(C(=O)NS(=O)(=O)C4CC4)NC(=O)[C@@H]4C[C@@H](Oc5nc6ccccc6nc5-c5cccs5)CN4C3=O)OC12. The highest BCUT2D eigenvalue weighted by Crippen LogP contribution is 2.46. The van der Waals surface area contributed by atoms with Crippen LogP contribution in [0.4, 0.5) is 4.79 Å². The number of rotatable bonds is 9. The van der Waals surface area contributed by atoms with E-state index in [1.165, 1.54) is 16.2 Å². The molecule has 5 unspecified atom stereocenters. The molecule has 3 N–H and O–H groups in total. The molecule has 6 aliphatic rings. The molecule has 4 aliphatic heterocycles. The summed E-state index contributed by atoms with van der Waals surface area (Å²) < 4.78 is 57.5. The zero-order valence-electron chi connectivity index (χ0n) is 33.0. The molecule has 6 heterocycles. The highest BCUT2D eigenvalue weighted by Gasteiger charge is 2.62. The van der Waals surface area contributed by atoms with Crippen molar-refractivity contribution in [3.8, 4) is 16.5 Å². The quantitative estimate of drug-likeness (QED) is 0.264. The van der Waals surface area contributed by atoms with Crippen LogP contribution in [0.15, 0.2) is 53.9 Å². The second kappa shape index (κ2) is 16.6. The van der Waals surface area contributed by atoms with Gasteiger partial charge in [-0.15, -0.1) is 11.3 Å². The van der Waals surface area contributed by atoms with E-state index in [1.807, 2.05) is 53.9 Å². The Morgan fingerprint density at radius 3 is 2.62 bits per heavy atom. The molecule has 1 aromatic carbocycles.